The minimum Gasteiger partial charge on any atom is -0.497 e. The fourth-order valence-electron chi connectivity index (χ4n) is 2.10. The number of carbonyl (C=O) groups is 1. The van der Waals surface area contributed by atoms with Gasteiger partial charge in [0.05, 0.1) is 19.5 Å². The number of methoxy groups -OCH3 is 1. The van der Waals surface area contributed by atoms with E-state index in [0.717, 1.165) is 25.1 Å². The predicted octanol–water partition coefficient (Wildman–Crippen LogP) is 2.67. The van der Waals surface area contributed by atoms with E-state index in [1.807, 2.05) is 32.0 Å². The van der Waals surface area contributed by atoms with Crippen LogP contribution in [0.3, 0.4) is 0 Å². The highest BCUT2D eigenvalue weighted by atomic mass is 16.5. The number of aromatic nitrogens is 2. The normalized spacial score (nSPS) is 11.6. The van der Waals surface area contributed by atoms with E-state index in [0.29, 0.717) is 11.5 Å². The Morgan fingerprint density at radius 3 is 2.79 bits per heavy atom. The summed E-state index contributed by atoms with van der Waals surface area (Å²) in [6.45, 7) is 4.70. The molecule has 128 valence electrons. The van der Waals surface area contributed by atoms with E-state index < -0.39 is 0 Å². The van der Waals surface area contributed by atoms with Crippen LogP contribution in [0.15, 0.2) is 36.7 Å². The maximum atomic E-state index is 11.9. The van der Waals surface area contributed by atoms with Crippen LogP contribution in [0.2, 0.25) is 0 Å². The molecule has 1 aromatic heterocycles. The standard InChI is InChI=1S/C18H24N4O2/c1-4-13(2)22-18(23)16-11-21-17(12-20-16)19-9-8-14-6-5-7-15(10-14)24-3/h5-7,10-13H,4,8-9H2,1-3H3,(H,19,21)(H,22,23). The molecule has 1 heterocycles. The van der Waals surface area contributed by atoms with Crippen LogP contribution in [0, 0.1) is 0 Å². The molecule has 1 unspecified atom stereocenters. The number of ether oxygens (including phenoxy) is 1. The van der Waals surface area contributed by atoms with Crippen LogP contribution in [0.5, 0.6) is 5.75 Å². The summed E-state index contributed by atoms with van der Waals surface area (Å²) in [6.07, 6.45) is 4.79. The molecule has 2 N–H and O–H groups in total. The predicted molar refractivity (Wildman–Crippen MR) is 94.4 cm³/mol. The summed E-state index contributed by atoms with van der Waals surface area (Å²) in [5, 5.41) is 6.07. The molecule has 0 aliphatic rings. The lowest BCUT2D eigenvalue weighted by Gasteiger charge is -2.11. The van der Waals surface area contributed by atoms with Crippen LogP contribution in [0.1, 0.15) is 36.3 Å². The van der Waals surface area contributed by atoms with E-state index in [1.165, 1.54) is 11.8 Å². The Kier molecular flexibility index (Phi) is 6.54. The van der Waals surface area contributed by atoms with Gasteiger partial charge in [0, 0.05) is 12.6 Å². The molecule has 0 saturated carbocycles. The molecule has 24 heavy (non-hydrogen) atoms. The van der Waals surface area contributed by atoms with E-state index in [2.05, 4.69) is 26.7 Å². The molecule has 1 atom stereocenters. The first-order valence-corrected chi connectivity index (χ1v) is 8.12. The van der Waals surface area contributed by atoms with Crippen molar-refractivity contribution < 1.29 is 9.53 Å². The number of hydrogen-bond donors (Lipinski definition) is 2. The molecule has 6 nitrogen and oxygen atoms in total. The zero-order valence-electron chi connectivity index (χ0n) is 14.4. The molecular formula is C18H24N4O2. The van der Waals surface area contributed by atoms with Crippen molar-refractivity contribution >= 4 is 11.7 Å². The SMILES string of the molecule is CCC(C)NC(=O)c1cnc(NCCc2cccc(OC)c2)cn1. The molecule has 0 fully saturated rings. The molecule has 1 amide bonds. The third-order valence-corrected chi connectivity index (χ3v) is 3.73. The van der Waals surface area contributed by atoms with Gasteiger partial charge in [0.15, 0.2) is 0 Å². The summed E-state index contributed by atoms with van der Waals surface area (Å²) in [6, 6.07) is 8.08. The Hall–Kier alpha value is -2.63. The average molecular weight is 328 g/mol. The van der Waals surface area contributed by atoms with Crippen molar-refractivity contribution in [2.45, 2.75) is 32.7 Å². The van der Waals surface area contributed by atoms with E-state index >= 15 is 0 Å². The van der Waals surface area contributed by atoms with Crippen molar-refractivity contribution in [2.75, 3.05) is 19.0 Å². The average Bonchev–Trinajstić information content (AvgIpc) is 2.62. The summed E-state index contributed by atoms with van der Waals surface area (Å²) in [4.78, 5) is 20.3. The third-order valence-electron chi connectivity index (χ3n) is 3.73. The molecule has 0 aliphatic heterocycles. The number of anilines is 1. The van der Waals surface area contributed by atoms with Crippen molar-refractivity contribution in [1.82, 2.24) is 15.3 Å². The van der Waals surface area contributed by atoms with Gasteiger partial charge in [-0.15, -0.1) is 0 Å². The van der Waals surface area contributed by atoms with Crippen molar-refractivity contribution in [3.63, 3.8) is 0 Å². The minimum atomic E-state index is -0.195. The van der Waals surface area contributed by atoms with Gasteiger partial charge in [-0.3, -0.25) is 4.79 Å². The monoisotopic (exact) mass is 328 g/mol. The zero-order chi connectivity index (χ0) is 17.4. The number of carbonyl (C=O) groups excluding carboxylic acids is 1. The van der Waals surface area contributed by atoms with Crippen molar-refractivity contribution in [3.8, 4) is 5.75 Å². The molecule has 1 aromatic carbocycles. The summed E-state index contributed by atoms with van der Waals surface area (Å²) in [5.41, 5.74) is 1.51. The molecule has 6 heteroatoms. The highest BCUT2D eigenvalue weighted by molar-refractivity contribution is 5.92. The Labute approximate surface area is 142 Å². The topological polar surface area (TPSA) is 76.1 Å². The van der Waals surface area contributed by atoms with Crippen molar-refractivity contribution in [3.05, 3.63) is 47.9 Å². The van der Waals surface area contributed by atoms with Gasteiger partial charge in [-0.05, 0) is 37.5 Å². The lowest BCUT2D eigenvalue weighted by atomic mass is 10.1. The molecule has 0 aliphatic carbocycles. The number of rotatable bonds is 8. The largest absolute Gasteiger partial charge is 0.497 e. The number of hydrogen-bond acceptors (Lipinski definition) is 5. The fraction of sp³-hybridized carbons (Fsp3) is 0.389. The van der Waals surface area contributed by atoms with Crippen LogP contribution in [0.4, 0.5) is 5.82 Å². The second kappa shape index (κ2) is 8.86. The maximum absolute atomic E-state index is 11.9. The second-order valence-electron chi connectivity index (χ2n) is 5.60. The van der Waals surface area contributed by atoms with E-state index in [1.54, 1.807) is 13.3 Å². The summed E-state index contributed by atoms with van der Waals surface area (Å²) >= 11 is 0. The minimum absolute atomic E-state index is 0.125. The van der Waals surface area contributed by atoms with Crippen LogP contribution in [-0.2, 0) is 6.42 Å². The smallest absolute Gasteiger partial charge is 0.271 e. The van der Waals surface area contributed by atoms with Gasteiger partial charge in [-0.1, -0.05) is 19.1 Å². The Morgan fingerprint density at radius 2 is 2.12 bits per heavy atom. The highest BCUT2D eigenvalue weighted by Crippen LogP contribution is 2.13. The number of nitrogens with one attached hydrogen (secondary N) is 2. The van der Waals surface area contributed by atoms with Crippen LogP contribution in [0.25, 0.3) is 0 Å². The first kappa shape index (κ1) is 17.7. The van der Waals surface area contributed by atoms with Crippen molar-refractivity contribution in [2.24, 2.45) is 0 Å². The lowest BCUT2D eigenvalue weighted by molar-refractivity contribution is 0.0934. The van der Waals surface area contributed by atoms with Gasteiger partial charge in [0.1, 0.15) is 17.3 Å². The Balaban J connectivity index is 1.84. The van der Waals surface area contributed by atoms with Crippen LogP contribution < -0.4 is 15.4 Å². The molecule has 0 radical (unpaired) electrons. The quantitative estimate of drug-likeness (QED) is 0.779. The van der Waals surface area contributed by atoms with E-state index in [-0.39, 0.29) is 11.9 Å². The fourth-order valence-corrected chi connectivity index (χ4v) is 2.10. The van der Waals surface area contributed by atoms with Gasteiger partial charge >= 0.3 is 0 Å². The summed E-state index contributed by atoms with van der Waals surface area (Å²) < 4.78 is 5.21. The maximum Gasteiger partial charge on any atom is 0.271 e. The molecule has 2 rings (SSSR count). The van der Waals surface area contributed by atoms with Gasteiger partial charge in [-0.2, -0.15) is 0 Å². The van der Waals surface area contributed by atoms with Gasteiger partial charge < -0.3 is 15.4 Å². The molecule has 0 spiro atoms. The van der Waals surface area contributed by atoms with Gasteiger partial charge in [0.25, 0.3) is 5.91 Å². The van der Waals surface area contributed by atoms with Crippen molar-refractivity contribution in [1.29, 1.82) is 0 Å². The van der Waals surface area contributed by atoms with E-state index in [4.69, 9.17) is 4.74 Å². The lowest BCUT2D eigenvalue weighted by Crippen LogP contribution is -2.32. The first-order chi connectivity index (χ1) is 11.6. The summed E-state index contributed by atoms with van der Waals surface area (Å²) in [5.74, 6) is 1.31. The Bertz CT molecular complexity index is 658. The first-order valence-electron chi connectivity index (χ1n) is 8.12. The van der Waals surface area contributed by atoms with Crippen LogP contribution in [-0.4, -0.2) is 35.6 Å². The molecular weight excluding hydrogens is 304 g/mol. The summed E-state index contributed by atoms with van der Waals surface area (Å²) in [7, 11) is 1.66. The molecule has 0 saturated heterocycles. The van der Waals surface area contributed by atoms with Gasteiger partial charge in [0.2, 0.25) is 0 Å². The van der Waals surface area contributed by atoms with Crippen LogP contribution >= 0.6 is 0 Å². The Morgan fingerprint density at radius 1 is 1.29 bits per heavy atom. The highest BCUT2D eigenvalue weighted by Gasteiger charge is 2.10. The third kappa shape index (κ3) is 5.22. The molecule has 0 bridgehead atoms. The second-order valence-corrected chi connectivity index (χ2v) is 5.60. The number of amides is 1. The zero-order valence-corrected chi connectivity index (χ0v) is 14.4. The number of benzene rings is 1. The van der Waals surface area contributed by atoms with E-state index in [9.17, 15) is 4.79 Å². The number of nitrogens with zero attached hydrogens (tertiary/aromatic N) is 2. The van der Waals surface area contributed by atoms with Gasteiger partial charge in [-0.25, -0.2) is 9.97 Å². The molecule has 2 aromatic rings.